The lowest BCUT2D eigenvalue weighted by molar-refractivity contribution is 0.0946. The number of nitrogens with zero attached hydrogens (tertiary/aromatic N) is 3. The third-order valence-electron chi connectivity index (χ3n) is 4.75. The first-order valence-electron chi connectivity index (χ1n) is 10.4. The summed E-state index contributed by atoms with van der Waals surface area (Å²) in [6.45, 7) is 7.47. The van der Waals surface area contributed by atoms with Crippen molar-refractivity contribution in [2.75, 3.05) is 37.7 Å². The molecule has 1 aliphatic rings. The Balaban J connectivity index is 1.43. The van der Waals surface area contributed by atoms with E-state index >= 15 is 0 Å². The topological polar surface area (TPSA) is 76.6 Å². The Morgan fingerprint density at radius 3 is 2.59 bits per heavy atom. The molecule has 1 aliphatic heterocycles. The van der Waals surface area contributed by atoms with Crippen LogP contribution >= 0.6 is 0 Å². The molecule has 1 amide bonds. The van der Waals surface area contributed by atoms with E-state index in [9.17, 15) is 4.79 Å². The number of benzene rings is 1. The molecule has 7 heteroatoms. The molecule has 1 saturated heterocycles. The molecule has 0 bridgehead atoms. The van der Waals surface area contributed by atoms with E-state index in [-0.39, 0.29) is 5.91 Å². The first-order valence-corrected chi connectivity index (χ1v) is 10.4. The van der Waals surface area contributed by atoms with E-state index in [1.54, 1.807) is 12.1 Å². The number of unbranched alkanes of at least 4 members (excludes halogenated alkanes) is 1. The fourth-order valence-corrected chi connectivity index (χ4v) is 3.17. The number of hydrogen-bond acceptors (Lipinski definition) is 6. The number of ether oxygens (including phenoxy) is 2. The Labute approximate surface area is 172 Å². The molecule has 2 aromatic rings. The zero-order valence-corrected chi connectivity index (χ0v) is 17.3. The summed E-state index contributed by atoms with van der Waals surface area (Å²) < 4.78 is 11.4. The molecule has 0 unspecified atom stereocenters. The van der Waals surface area contributed by atoms with E-state index in [4.69, 9.17) is 9.47 Å². The van der Waals surface area contributed by atoms with Gasteiger partial charge in [0.1, 0.15) is 24.0 Å². The van der Waals surface area contributed by atoms with Crippen molar-refractivity contribution in [3.05, 3.63) is 41.7 Å². The van der Waals surface area contributed by atoms with E-state index < -0.39 is 0 Å². The van der Waals surface area contributed by atoms with Crippen molar-refractivity contribution in [3.63, 3.8) is 0 Å². The minimum Gasteiger partial charge on any atom is -0.494 e. The highest BCUT2D eigenvalue weighted by atomic mass is 16.5. The second-order valence-electron chi connectivity index (χ2n) is 7.14. The quantitative estimate of drug-likeness (QED) is 0.619. The fourth-order valence-electron chi connectivity index (χ4n) is 3.17. The molecule has 1 aromatic heterocycles. The number of rotatable bonds is 10. The second kappa shape index (κ2) is 10.6. The molecular weight excluding hydrogens is 368 g/mol. The van der Waals surface area contributed by atoms with Gasteiger partial charge in [0.05, 0.1) is 13.2 Å². The maximum absolute atomic E-state index is 12.3. The minimum absolute atomic E-state index is 0.134. The van der Waals surface area contributed by atoms with Crippen molar-refractivity contribution >= 4 is 11.7 Å². The Morgan fingerprint density at radius 1 is 1.10 bits per heavy atom. The van der Waals surface area contributed by atoms with Gasteiger partial charge in [-0.25, -0.2) is 4.98 Å². The first-order chi connectivity index (χ1) is 14.2. The lowest BCUT2D eigenvalue weighted by Gasteiger charge is -2.17. The molecule has 2 heterocycles. The van der Waals surface area contributed by atoms with Crippen LogP contribution in [0.5, 0.6) is 11.6 Å². The van der Waals surface area contributed by atoms with E-state index in [0.717, 1.165) is 37.5 Å². The van der Waals surface area contributed by atoms with Crippen LogP contribution in [0.3, 0.4) is 0 Å². The van der Waals surface area contributed by atoms with Gasteiger partial charge in [-0.2, -0.15) is 4.98 Å². The molecule has 29 heavy (non-hydrogen) atoms. The van der Waals surface area contributed by atoms with E-state index in [2.05, 4.69) is 27.1 Å². The first kappa shape index (κ1) is 20.9. The van der Waals surface area contributed by atoms with E-state index in [1.165, 1.54) is 12.8 Å². The van der Waals surface area contributed by atoms with Crippen molar-refractivity contribution in [2.24, 2.45) is 0 Å². The molecule has 1 N–H and O–H groups in total. The summed E-state index contributed by atoms with van der Waals surface area (Å²) in [5.74, 6) is 2.80. The maximum Gasteiger partial charge on any atom is 0.251 e. The summed E-state index contributed by atoms with van der Waals surface area (Å²) in [6.07, 6.45) is 4.50. The molecule has 7 nitrogen and oxygen atoms in total. The number of amides is 1. The zero-order valence-electron chi connectivity index (χ0n) is 17.3. The number of carbonyl (C=O) groups is 1. The lowest BCUT2D eigenvalue weighted by Crippen LogP contribution is -2.28. The van der Waals surface area contributed by atoms with Crippen LogP contribution in [0.2, 0.25) is 0 Å². The second-order valence-corrected chi connectivity index (χ2v) is 7.14. The van der Waals surface area contributed by atoms with Crippen molar-refractivity contribution in [3.8, 4) is 11.6 Å². The standard InChI is InChI=1S/C22H30N4O3/c1-3-4-14-28-19-9-7-18(8-10-19)22(27)23-11-15-29-21-16-20(24-17(2)25-21)26-12-5-6-13-26/h7-10,16H,3-6,11-15H2,1-2H3,(H,23,27). The van der Waals surface area contributed by atoms with Crippen LogP contribution in [-0.4, -0.2) is 48.7 Å². The molecule has 0 saturated carbocycles. The van der Waals surface area contributed by atoms with Crippen molar-refractivity contribution in [2.45, 2.75) is 39.5 Å². The van der Waals surface area contributed by atoms with Gasteiger partial charge in [0.15, 0.2) is 0 Å². The highest BCUT2D eigenvalue weighted by Crippen LogP contribution is 2.21. The van der Waals surface area contributed by atoms with Gasteiger partial charge < -0.3 is 19.7 Å². The summed E-state index contributed by atoms with van der Waals surface area (Å²) in [6, 6.07) is 9.06. The third-order valence-corrected chi connectivity index (χ3v) is 4.75. The number of carbonyl (C=O) groups excluding carboxylic acids is 1. The molecule has 156 valence electrons. The average molecular weight is 399 g/mol. The van der Waals surface area contributed by atoms with Crippen LogP contribution in [-0.2, 0) is 0 Å². The number of nitrogens with one attached hydrogen (secondary N) is 1. The lowest BCUT2D eigenvalue weighted by atomic mass is 10.2. The summed E-state index contributed by atoms with van der Waals surface area (Å²) >= 11 is 0. The smallest absolute Gasteiger partial charge is 0.251 e. The zero-order chi connectivity index (χ0) is 20.5. The molecule has 1 fully saturated rings. The third kappa shape index (κ3) is 6.34. The SMILES string of the molecule is CCCCOc1ccc(C(=O)NCCOc2cc(N3CCCC3)nc(C)n2)cc1. The molecule has 3 rings (SSSR count). The number of hydrogen-bond donors (Lipinski definition) is 1. The van der Waals surface area contributed by atoms with Gasteiger partial charge in [-0.05, 0) is 50.5 Å². The van der Waals surface area contributed by atoms with Gasteiger partial charge in [0, 0.05) is 24.7 Å². The van der Waals surface area contributed by atoms with Gasteiger partial charge in [-0.15, -0.1) is 0 Å². The summed E-state index contributed by atoms with van der Waals surface area (Å²) in [5, 5.41) is 2.87. The summed E-state index contributed by atoms with van der Waals surface area (Å²) in [5.41, 5.74) is 0.599. The molecule has 0 aliphatic carbocycles. The molecular formula is C22H30N4O3. The number of aryl methyl sites for hydroxylation is 1. The van der Waals surface area contributed by atoms with Crippen LogP contribution in [0.4, 0.5) is 5.82 Å². The van der Waals surface area contributed by atoms with Crippen molar-refractivity contribution in [1.29, 1.82) is 0 Å². The van der Waals surface area contributed by atoms with Gasteiger partial charge in [-0.1, -0.05) is 13.3 Å². The van der Waals surface area contributed by atoms with Crippen LogP contribution in [0.1, 0.15) is 48.8 Å². The molecule has 0 radical (unpaired) electrons. The normalized spacial score (nSPS) is 13.4. The van der Waals surface area contributed by atoms with Gasteiger partial charge >= 0.3 is 0 Å². The maximum atomic E-state index is 12.3. The van der Waals surface area contributed by atoms with E-state index in [1.807, 2.05) is 25.1 Å². The van der Waals surface area contributed by atoms with Crippen molar-refractivity contribution in [1.82, 2.24) is 15.3 Å². The van der Waals surface area contributed by atoms with Crippen molar-refractivity contribution < 1.29 is 14.3 Å². The highest BCUT2D eigenvalue weighted by molar-refractivity contribution is 5.94. The fraction of sp³-hybridized carbons (Fsp3) is 0.500. The Hall–Kier alpha value is -2.83. The van der Waals surface area contributed by atoms with Gasteiger partial charge in [-0.3, -0.25) is 4.79 Å². The Kier molecular flexibility index (Phi) is 7.67. The van der Waals surface area contributed by atoms with Crippen LogP contribution in [0.15, 0.2) is 30.3 Å². The van der Waals surface area contributed by atoms with Crippen LogP contribution in [0, 0.1) is 6.92 Å². The molecule has 0 atom stereocenters. The largest absolute Gasteiger partial charge is 0.494 e. The van der Waals surface area contributed by atoms with Gasteiger partial charge in [0.25, 0.3) is 5.91 Å². The summed E-state index contributed by atoms with van der Waals surface area (Å²) in [4.78, 5) is 23.4. The van der Waals surface area contributed by atoms with Crippen LogP contribution < -0.4 is 19.7 Å². The van der Waals surface area contributed by atoms with E-state index in [0.29, 0.717) is 37.0 Å². The highest BCUT2D eigenvalue weighted by Gasteiger charge is 2.15. The minimum atomic E-state index is -0.134. The van der Waals surface area contributed by atoms with Crippen LogP contribution in [0.25, 0.3) is 0 Å². The average Bonchev–Trinajstić information content (AvgIpc) is 3.26. The predicted octanol–water partition coefficient (Wildman–Crippen LogP) is 3.37. The number of anilines is 1. The predicted molar refractivity (Wildman–Crippen MR) is 113 cm³/mol. The molecule has 0 spiro atoms. The van der Waals surface area contributed by atoms with Gasteiger partial charge in [0.2, 0.25) is 5.88 Å². The Bertz CT molecular complexity index is 789. The summed E-state index contributed by atoms with van der Waals surface area (Å²) in [7, 11) is 0. The Morgan fingerprint density at radius 2 is 1.86 bits per heavy atom. The monoisotopic (exact) mass is 398 g/mol. The number of aromatic nitrogens is 2. The molecule has 1 aromatic carbocycles.